The van der Waals surface area contributed by atoms with Crippen LogP contribution in [0.15, 0.2) is 17.9 Å². The van der Waals surface area contributed by atoms with E-state index in [1.54, 1.807) is 6.92 Å². The highest BCUT2D eigenvalue weighted by Gasteiger charge is 2.54. The molecule has 2 spiro atoms. The lowest BCUT2D eigenvalue weighted by atomic mass is 9.72. The van der Waals surface area contributed by atoms with Crippen LogP contribution < -0.4 is 5.32 Å². The van der Waals surface area contributed by atoms with Crippen molar-refractivity contribution in [1.29, 1.82) is 0 Å². The van der Waals surface area contributed by atoms with E-state index in [0.29, 0.717) is 24.2 Å². The van der Waals surface area contributed by atoms with Crippen LogP contribution in [0.25, 0.3) is 5.57 Å². The minimum Gasteiger partial charge on any atom is -0.434 e. The second-order valence-corrected chi connectivity index (χ2v) is 8.93. The average Bonchev–Trinajstić information content (AvgIpc) is 3.23. The van der Waals surface area contributed by atoms with Gasteiger partial charge in [-0.1, -0.05) is 17.7 Å². The third-order valence-electron chi connectivity index (χ3n) is 6.82. The lowest BCUT2D eigenvalue weighted by Crippen LogP contribution is -2.51. The van der Waals surface area contributed by atoms with E-state index in [4.69, 9.17) is 14.2 Å². The molecule has 1 aliphatic carbocycles. The summed E-state index contributed by atoms with van der Waals surface area (Å²) in [5.74, 6) is 0.224. The number of nitrogens with one attached hydrogen (secondary N) is 1. The van der Waals surface area contributed by atoms with Gasteiger partial charge in [-0.25, -0.2) is 4.79 Å². The van der Waals surface area contributed by atoms with Crippen molar-refractivity contribution in [3.63, 3.8) is 0 Å². The molecular formula is C24H31NO5. The Bertz CT molecular complexity index is 877. The molecule has 6 heteroatoms. The Labute approximate surface area is 178 Å². The van der Waals surface area contributed by atoms with Crippen molar-refractivity contribution in [2.75, 3.05) is 13.2 Å². The Morgan fingerprint density at radius 1 is 1.10 bits per heavy atom. The van der Waals surface area contributed by atoms with E-state index in [2.05, 4.69) is 17.4 Å². The zero-order valence-corrected chi connectivity index (χ0v) is 18.4. The molecule has 1 amide bonds. The maximum atomic E-state index is 13.3. The fourth-order valence-corrected chi connectivity index (χ4v) is 5.49. The van der Waals surface area contributed by atoms with Crippen molar-refractivity contribution < 1.29 is 23.8 Å². The molecule has 1 N–H and O–H groups in total. The van der Waals surface area contributed by atoms with Gasteiger partial charge in [0.05, 0.1) is 23.3 Å². The molecule has 0 aromatic heterocycles. The second kappa shape index (κ2) is 7.73. The van der Waals surface area contributed by atoms with Crippen LogP contribution in [-0.4, -0.2) is 36.4 Å². The fraction of sp³-hybridized carbons (Fsp3) is 0.583. The maximum absolute atomic E-state index is 13.3. The molecule has 0 bridgehead atoms. The van der Waals surface area contributed by atoms with Crippen molar-refractivity contribution in [1.82, 2.24) is 5.32 Å². The number of ether oxygens (including phenoxy) is 3. The molecule has 3 aliphatic rings. The minimum atomic E-state index is -0.763. The number of amides is 1. The summed E-state index contributed by atoms with van der Waals surface area (Å²) < 4.78 is 16.9. The number of carbonyl (C=O) groups is 2. The highest BCUT2D eigenvalue weighted by atomic mass is 16.7. The van der Waals surface area contributed by atoms with Gasteiger partial charge in [0.2, 0.25) is 0 Å². The van der Waals surface area contributed by atoms with E-state index in [1.807, 2.05) is 20.8 Å². The predicted molar refractivity (Wildman–Crippen MR) is 113 cm³/mol. The third-order valence-corrected chi connectivity index (χ3v) is 6.82. The molecule has 1 aromatic rings. The summed E-state index contributed by atoms with van der Waals surface area (Å²) >= 11 is 0. The topological polar surface area (TPSA) is 73.9 Å². The quantitative estimate of drug-likeness (QED) is 0.739. The van der Waals surface area contributed by atoms with E-state index >= 15 is 0 Å². The summed E-state index contributed by atoms with van der Waals surface area (Å²) in [6.45, 7) is 8.77. The Balaban J connectivity index is 1.78. The molecular weight excluding hydrogens is 382 g/mol. The SMILES string of the molecule is CCOC(=O)OC1=C(c2c(C)cc(C)cc2C)C(=O)NC12CCC1(CCCO1)CC2. The molecule has 2 heterocycles. The number of benzene rings is 1. The molecule has 6 nitrogen and oxygen atoms in total. The van der Waals surface area contributed by atoms with Crippen LogP contribution >= 0.6 is 0 Å². The molecule has 30 heavy (non-hydrogen) atoms. The van der Waals surface area contributed by atoms with E-state index < -0.39 is 11.7 Å². The first-order chi connectivity index (χ1) is 14.3. The highest BCUT2D eigenvalue weighted by molar-refractivity contribution is 6.24. The third kappa shape index (κ3) is 3.51. The van der Waals surface area contributed by atoms with Crippen molar-refractivity contribution in [2.45, 2.75) is 77.4 Å². The monoisotopic (exact) mass is 413 g/mol. The second-order valence-electron chi connectivity index (χ2n) is 8.93. The van der Waals surface area contributed by atoms with Crippen molar-refractivity contribution in [3.05, 3.63) is 40.1 Å². The van der Waals surface area contributed by atoms with Crippen LogP contribution in [0, 0.1) is 20.8 Å². The lowest BCUT2D eigenvalue weighted by Gasteiger charge is -2.42. The van der Waals surface area contributed by atoms with E-state index in [-0.39, 0.29) is 18.1 Å². The maximum Gasteiger partial charge on any atom is 0.513 e. The van der Waals surface area contributed by atoms with Gasteiger partial charge < -0.3 is 19.5 Å². The number of carbonyl (C=O) groups excluding carboxylic acids is 2. The zero-order valence-electron chi connectivity index (χ0n) is 18.4. The van der Waals surface area contributed by atoms with Gasteiger partial charge in [-0.15, -0.1) is 0 Å². The number of hydrogen-bond acceptors (Lipinski definition) is 5. The molecule has 0 unspecified atom stereocenters. The summed E-state index contributed by atoms with van der Waals surface area (Å²) in [5, 5.41) is 3.19. The highest BCUT2D eigenvalue weighted by Crippen LogP contribution is 2.50. The van der Waals surface area contributed by atoms with Gasteiger partial charge in [-0.3, -0.25) is 4.79 Å². The standard InChI is InChI=1S/C24H31NO5/c1-5-28-22(27)30-20-19(18-16(3)13-15(2)14-17(18)4)21(26)25-24(20)10-8-23(9-11-24)7-6-12-29-23/h13-14H,5-12H2,1-4H3,(H,25,26). The van der Waals surface area contributed by atoms with Crippen molar-refractivity contribution in [2.24, 2.45) is 0 Å². The Kier molecular flexibility index (Phi) is 5.39. The summed E-state index contributed by atoms with van der Waals surface area (Å²) in [4.78, 5) is 25.6. The predicted octanol–water partition coefficient (Wildman–Crippen LogP) is 4.49. The van der Waals surface area contributed by atoms with Gasteiger partial charge in [0.15, 0.2) is 0 Å². The molecule has 0 atom stereocenters. The minimum absolute atomic E-state index is 0.0938. The van der Waals surface area contributed by atoms with Gasteiger partial charge in [-0.05, 0) is 82.9 Å². The van der Waals surface area contributed by atoms with Crippen LogP contribution in [0.1, 0.15) is 67.7 Å². The number of rotatable bonds is 3. The normalized spacial score (nSPS) is 28.3. The van der Waals surface area contributed by atoms with Crippen LogP contribution in [0.3, 0.4) is 0 Å². The van der Waals surface area contributed by atoms with Crippen molar-refractivity contribution in [3.8, 4) is 0 Å². The van der Waals surface area contributed by atoms with E-state index in [9.17, 15) is 9.59 Å². The largest absolute Gasteiger partial charge is 0.513 e. The summed E-state index contributed by atoms with van der Waals surface area (Å²) in [6, 6.07) is 4.11. The lowest BCUT2D eigenvalue weighted by molar-refractivity contribution is -0.117. The molecule has 0 radical (unpaired) electrons. The summed E-state index contributed by atoms with van der Waals surface area (Å²) in [6.07, 6.45) is 4.40. The molecule has 2 aliphatic heterocycles. The van der Waals surface area contributed by atoms with Gasteiger partial charge in [0.1, 0.15) is 5.76 Å². The molecule has 1 aromatic carbocycles. The summed E-state index contributed by atoms with van der Waals surface area (Å²) in [7, 11) is 0. The van der Waals surface area contributed by atoms with Gasteiger partial charge >= 0.3 is 6.16 Å². The molecule has 1 saturated heterocycles. The Morgan fingerprint density at radius 3 is 2.33 bits per heavy atom. The average molecular weight is 414 g/mol. The van der Waals surface area contributed by atoms with Crippen molar-refractivity contribution >= 4 is 17.6 Å². The Hall–Kier alpha value is -2.34. The van der Waals surface area contributed by atoms with E-state index in [0.717, 1.165) is 54.5 Å². The first kappa shape index (κ1) is 20.9. The molecule has 162 valence electrons. The first-order valence-electron chi connectivity index (χ1n) is 10.9. The Morgan fingerprint density at radius 2 is 1.77 bits per heavy atom. The van der Waals surface area contributed by atoms with Gasteiger partial charge in [-0.2, -0.15) is 0 Å². The fourth-order valence-electron chi connectivity index (χ4n) is 5.49. The molecule has 1 saturated carbocycles. The molecule has 2 fully saturated rings. The van der Waals surface area contributed by atoms with E-state index in [1.165, 1.54) is 0 Å². The smallest absolute Gasteiger partial charge is 0.434 e. The van der Waals surface area contributed by atoms with Crippen LogP contribution in [-0.2, 0) is 19.0 Å². The van der Waals surface area contributed by atoms with Crippen LogP contribution in [0.4, 0.5) is 4.79 Å². The van der Waals surface area contributed by atoms with Gasteiger partial charge in [0, 0.05) is 6.61 Å². The summed E-state index contributed by atoms with van der Waals surface area (Å²) in [5.41, 5.74) is 3.63. The number of hydrogen-bond donors (Lipinski definition) is 1. The van der Waals surface area contributed by atoms with Gasteiger partial charge in [0.25, 0.3) is 5.91 Å². The van der Waals surface area contributed by atoms with Crippen LogP contribution in [0.5, 0.6) is 0 Å². The van der Waals surface area contributed by atoms with Crippen LogP contribution in [0.2, 0.25) is 0 Å². The zero-order chi connectivity index (χ0) is 21.5. The first-order valence-corrected chi connectivity index (χ1v) is 10.9. The number of aryl methyl sites for hydroxylation is 3. The molecule has 4 rings (SSSR count).